The van der Waals surface area contributed by atoms with E-state index in [0.717, 1.165) is 25.7 Å². The standard InChI is InChI=1S/C15H27NO3/c1-14(2,3)10-8-12(17)16-15(4)9-6-5-7-11(15)13(18)19/h11H,5-10H2,1-4H3,(H,16,17)(H,18,19). The molecule has 2 atom stereocenters. The van der Waals surface area contributed by atoms with Gasteiger partial charge in [-0.15, -0.1) is 0 Å². The first kappa shape index (κ1) is 16.0. The second-order valence-electron chi connectivity index (χ2n) is 7.16. The van der Waals surface area contributed by atoms with Gasteiger partial charge in [0.1, 0.15) is 0 Å². The Morgan fingerprint density at radius 3 is 2.47 bits per heavy atom. The minimum Gasteiger partial charge on any atom is -0.481 e. The molecule has 1 aliphatic rings. The highest BCUT2D eigenvalue weighted by atomic mass is 16.4. The molecule has 4 nitrogen and oxygen atoms in total. The Balaban J connectivity index is 2.61. The summed E-state index contributed by atoms with van der Waals surface area (Å²) in [6.45, 7) is 8.17. The Hall–Kier alpha value is -1.06. The Labute approximate surface area is 116 Å². The van der Waals surface area contributed by atoms with E-state index in [1.165, 1.54) is 0 Å². The maximum atomic E-state index is 12.0. The first-order valence-corrected chi connectivity index (χ1v) is 7.18. The van der Waals surface area contributed by atoms with Crippen molar-refractivity contribution in [2.75, 3.05) is 0 Å². The minimum absolute atomic E-state index is 0.0226. The summed E-state index contributed by atoms with van der Waals surface area (Å²) < 4.78 is 0. The molecule has 4 heteroatoms. The van der Waals surface area contributed by atoms with Gasteiger partial charge in [-0.3, -0.25) is 9.59 Å². The largest absolute Gasteiger partial charge is 0.481 e. The fourth-order valence-electron chi connectivity index (χ4n) is 2.75. The van der Waals surface area contributed by atoms with Crippen LogP contribution in [-0.2, 0) is 9.59 Å². The van der Waals surface area contributed by atoms with E-state index >= 15 is 0 Å². The predicted molar refractivity (Wildman–Crippen MR) is 74.8 cm³/mol. The molecule has 0 spiro atoms. The number of carbonyl (C=O) groups excluding carboxylic acids is 1. The third kappa shape index (κ3) is 4.84. The molecule has 0 aromatic heterocycles. The van der Waals surface area contributed by atoms with Crippen LogP contribution in [-0.4, -0.2) is 22.5 Å². The molecule has 2 unspecified atom stereocenters. The van der Waals surface area contributed by atoms with Crippen LogP contribution in [0.1, 0.15) is 66.2 Å². The molecule has 2 N–H and O–H groups in total. The number of carbonyl (C=O) groups is 2. The maximum Gasteiger partial charge on any atom is 0.308 e. The molecule has 0 aromatic carbocycles. The van der Waals surface area contributed by atoms with Crippen molar-refractivity contribution in [2.24, 2.45) is 11.3 Å². The number of rotatable bonds is 4. The molecular formula is C15H27NO3. The van der Waals surface area contributed by atoms with E-state index in [0.29, 0.717) is 12.8 Å². The van der Waals surface area contributed by atoms with Gasteiger partial charge in [0.25, 0.3) is 0 Å². The molecule has 0 aliphatic heterocycles. The number of hydrogen-bond acceptors (Lipinski definition) is 2. The molecule has 0 bridgehead atoms. The zero-order valence-corrected chi connectivity index (χ0v) is 12.6. The number of carboxylic acids is 1. The first-order valence-electron chi connectivity index (χ1n) is 7.18. The van der Waals surface area contributed by atoms with Gasteiger partial charge in [-0.25, -0.2) is 0 Å². The predicted octanol–water partition coefficient (Wildman–Crippen LogP) is 2.96. The van der Waals surface area contributed by atoms with Crippen molar-refractivity contribution < 1.29 is 14.7 Å². The molecule has 1 aliphatic carbocycles. The van der Waals surface area contributed by atoms with Gasteiger partial charge in [0.15, 0.2) is 0 Å². The Morgan fingerprint density at radius 2 is 1.95 bits per heavy atom. The van der Waals surface area contributed by atoms with Gasteiger partial charge >= 0.3 is 5.97 Å². The fourth-order valence-corrected chi connectivity index (χ4v) is 2.75. The molecule has 0 saturated heterocycles. The molecular weight excluding hydrogens is 242 g/mol. The first-order chi connectivity index (χ1) is 8.64. The number of carboxylic acid groups (broad SMARTS) is 1. The molecule has 1 rings (SSSR count). The second-order valence-corrected chi connectivity index (χ2v) is 7.16. The smallest absolute Gasteiger partial charge is 0.308 e. The summed E-state index contributed by atoms with van der Waals surface area (Å²) in [7, 11) is 0. The summed E-state index contributed by atoms with van der Waals surface area (Å²) in [5, 5.41) is 12.3. The fraction of sp³-hybridized carbons (Fsp3) is 0.867. The van der Waals surface area contributed by atoms with Crippen molar-refractivity contribution in [3.05, 3.63) is 0 Å². The summed E-state index contributed by atoms with van der Waals surface area (Å²) >= 11 is 0. The SMILES string of the molecule is CC(C)(C)CCC(=O)NC1(C)CCCCC1C(=O)O. The van der Waals surface area contributed by atoms with E-state index in [1.807, 2.05) is 6.92 Å². The molecule has 1 fully saturated rings. The molecule has 0 aromatic rings. The summed E-state index contributed by atoms with van der Waals surface area (Å²) in [6.07, 6.45) is 4.61. The normalized spacial score (nSPS) is 27.9. The van der Waals surface area contributed by atoms with Crippen molar-refractivity contribution in [2.45, 2.75) is 71.8 Å². The van der Waals surface area contributed by atoms with E-state index in [-0.39, 0.29) is 11.3 Å². The highest BCUT2D eigenvalue weighted by Crippen LogP contribution is 2.34. The van der Waals surface area contributed by atoms with Gasteiger partial charge in [-0.1, -0.05) is 33.6 Å². The lowest BCUT2D eigenvalue weighted by Crippen LogP contribution is -2.55. The minimum atomic E-state index is -0.793. The number of amides is 1. The lowest BCUT2D eigenvalue weighted by molar-refractivity contribution is -0.146. The molecule has 1 amide bonds. The van der Waals surface area contributed by atoms with Crippen LogP contribution in [0.15, 0.2) is 0 Å². The number of hydrogen-bond donors (Lipinski definition) is 2. The third-order valence-electron chi connectivity index (χ3n) is 4.03. The van der Waals surface area contributed by atoms with Gasteiger partial charge in [-0.2, -0.15) is 0 Å². The van der Waals surface area contributed by atoms with E-state index in [2.05, 4.69) is 26.1 Å². The molecule has 0 heterocycles. The summed E-state index contributed by atoms with van der Waals surface area (Å²) in [5.41, 5.74) is -0.462. The zero-order valence-electron chi connectivity index (χ0n) is 12.6. The van der Waals surface area contributed by atoms with E-state index in [1.54, 1.807) is 0 Å². The highest BCUT2D eigenvalue weighted by Gasteiger charge is 2.42. The summed E-state index contributed by atoms with van der Waals surface area (Å²) in [5.74, 6) is -1.27. The highest BCUT2D eigenvalue weighted by molar-refractivity contribution is 5.79. The topological polar surface area (TPSA) is 66.4 Å². The lowest BCUT2D eigenvalue weighted by Gasteiger charge is -2.40. The average molecular weight is 269 g/mol. The third-order valence-corrected chi connectivity index (χ3v) is 4.03. The van der Waals surface area contributed by atoms with Crippen molar-refractivity contribution >= 4 is 11.9 Å². The number of nitrogens with one attached hydrogen (secondary N) is 1. The van der Waals surface area contributed by atoms with Gasteiger partial charge < -0.3 is 10.4 Å². The summed E-state index contributed by atoms with van der Waals surface area (Å²) in [4.78, 5) is 23.3. The van der Waals surface area contributed by atoms with Crippen LogP contribution in [0, 0.1) is 11.3 Å². The van der Waals surface area contributed by atoms with E-state index < -0.39 is 17.4 Å². The van der Waals surface area contributed by atoms with Crippen molar-refractivity contribution in [1.82, 2.24) is 5.32 Å². The van der Waals surface area contributed by atoms with Crippen LogP contribution in [0.3, 0.4) is 0 Å². The number of aliphatic carboxylic acids is 1. The Bertz CT molecular complexity index is 346. The second kappa shape index (κ2) is 5.93. The van der Waals surface area contributed by atoms with Gasteiger partial charge in [0, 0.05) is 6.42 Å². The van der Waals surface area contributed by atoms with Gasteiger partial charge in [0.05, 0.1) is 11.5 Å². The quantitative estimate of drug-likeness (QED) is 0.824. The Kier molecular flexibility index (Phi) is 4.99. The molecule has 1 saturated carbocycles. The zero-order chi connectivity index (χ0) is 14.7. The van der Waals surface area contributed by atoms with Gasteiger partial charge in [-0.05, 0) is 31.6 Å². The van der Waals surface area contributed by atoms with Crippen LogP contribution in [0.25, 0.3) is 0 Å². The van der Waals surface area contributed by atoms with Crippen LogP contribution < -0.4 is 5.32 Å². The Morgan fingerprint density at radius 1 is 1.32 bits per heavy atom. The maximum absolute atomic E-state index is 12.0. The van der Waals surface area contributed by atoms with E-state index in [4.69, 9.17) is 0 Å². The van der Waals surface area contributed by atoms with Crippen molar-refractivity contribution in [3.63, 3.8) is 0 Å². The average Bonchev–Trinajstić information content (AvgIpc) is 2.25. The van der Waals surface area contributed by atoms with Gasteiger partial charge in [0.2, 0.25) is 5.91 Å². The van der Waals surface area contributed by atoms with E-state index in [9.17, 15) is 14.7 Å². The van der Waals surface area contributed by atoms with Crippen LogP contribution in [0.2, 0.25) is 0 Å². The molecule has 110 valence electrons. The molecule has 0 radical (unpaired) electrons. The van der Waals surface area contributed by atoms with Crippen molar-refractivity contribution in [1.29, 1.82) is 0 Å². The molecule has 19 heavy (non-hydrogen) atoms. The van der Waals surface area contributed by atoms with Crippen LogP contribution in [0.5, 0.6) is 0 Å². The monoisotopic (exact) mass is 269 g/mol. The van der Waals surface area contributed by atoms with Crippen LogP contribution in [0.4, 0.5) is 0 Å². The van der Waals surface area contributed by atoms with Crippen LogP contribution >= 0.6 is 0 Å². The van der Waals surface area contributed by atoms with Crippen molar-refractivity contribution in [3.8, 4) is 0 Å². The lowest BCUT2D eigenvalue weighted by atomic mass is 9.73. The summed E-state index contributed by atoms with van der Waals surface area (Å²) in [6, 6.07) is 0.